The van der Waals surface area contributed by atoms with Crippen molar-refractivity contribution in [3.63, 3.8) is 0 Å². The van der Waals surface area contributed by atoms with Crippen molar-refractivity contribution in [2.24, 2.45) is 5.41 Å². The normalized spacial score (nSPS) is 19.2. The SMILES string of the molecule is Cc1cccc(S(=O)(=O)N2CCC3=Cc4c(cnn4-c4ccc(F)cc4)CC3(C(=O)c3cccc(C)n3)C2)c1. The number of carbonyl (C=O) groups is 1. The number of ketones is 1. The summed E-state index contributed by atoms with van der Waals surface area (Å²) in [5, 5.41) is 4.55. The van der Waals surface area contributed by atoms with Crippen LogP contribution in [0, 0.1) is 25.1 Å². The Balaban J connectivity index is 1.46. The molecule has 6 rings (SSSR count). The van der Waals surface area contributed by atoms with Crippen molar-refractivity contribution in [2.45, 2.75) is 31.6 Å². The Kier molecular flexibility index (Phi) is 6.08. The zero-order valence-electron chi connectivity index (χ0n) is 21.6. The lowest BCUT2D eigenvalue weighted by Crippen LogP contribution is -2.53. The van der Waals surface area contributed by atoms with Crippen LogP contribution in [0.3, 0.4) is 0 Å². The van der Waals surface area contributed by atoms with Gasteiger partial charge in [0, 0.05) is 18.8 Å². The molecule has 0 spiro atoms. The van der Waals surface area contributed by atoms with Crippen molar-refractivity contribution >= 4 is 21.9 Å². The Hall–Kier alpha value is -3.95. The van der Waals surface area contributed by atoms with Gasteiger partial charge < -0.3 is 0 Å². The molecule has 0 bridgehead atoms. The first kappa shape index (κ1) is 25.3. The van der Waals surface area contributed by atoms with Crippen LogP contribution in [0.1, 0.15) is 39.4 Å². The summed E-state index contributed by atoms with van der Waals surface area (Å²) in [7, 11) is -3.84. The van der Waals surface area contributed by atoms with Crippen molar-refractivity contribution in [1.82, 2.24) is 19.1 Å². The number of pyridine rings is 1. The molecule has 2 aromatic carbocycles. The first-order valence-corrected chi connectivity index (χ1v) is 14.2. The number of benzene rings is 2. The molecule has 2 aromatic heterocycles. The molecule has 1 fully saturated rings. The fourth-order valence-electron chi connectivity index (χ4n) is 5.65. The van der Waals surface area contributed by atoms with Gasteiger partial charge in [-0.05, 0) is 92.4 Å². The highest BCUT2D eigenvalue weighted by atomic mass is 32.2. The number of fused-ring (bicyclic) bond motifs is 2. The summed E-state index contributed by atoms with van der Waals surface area (Å²) < 4.78 is 44.3. The van der Waals surface area contributed by atoms with Crippen molar-refractivity contribution in [2.75, 3.05) is 13.1 Å². The van der Waals surface area contributed by atoms with E-state index in [2.05, 4.69) is 10.1 Å². The Bertz CT molecular complexity index is 1740. The number of Topliss-reactive ketones (excluding diaryl/α,β-unsaturated/α-hetero) is 1. The smallest absolute Gasteiger partial charge is 0.243 e. The van der Waals surface area contributed by atoms with E-state index < -0.39 is 15.4 Å². The number of aryl methyl sites for hydroxylation is 2. The highest BCUT2D eigenvalue weighted by molar-refractivity contribution is 7.89. The van der Waals surface area contributed by atoms with E-state index in [0.717, 1.165) is 22.4 Å². The van der Waals surface area contributed by atoms with Gasteiger partial charge in [-0.1, -0.05) is 23.8 Å². The van der Waals surface area contributed by atoms with Crippen LogP contribution in [0.25, 0.3) is 11.8 Å². The van der Waals surface area contributed by atoms with Crippen LogP contribution in [-0.2, 0) is 16.4 Å². The van der Waals surface area contributed by atoms with Gasteiger partial charge in [-0.25, -0.2) is 22.5 Å². The highest BCUT2D eigenvalue weighted by Gasteiger charge is 2.51. The molecule has 1 unspecified atom stereocenters. The van der Waals surface area contributed by atoms with Gasteiger partial charge in [0.15, 0.2) is 5.78 Å². The second-order valence-corrected chi connectivity index (χ2v) is 12.2. The van der Waals surface area contributed by atoms with Crippen LogP contribution in [0.5, 0.6) is 0 Å². The zero-order chi connectivity index (χ0) is 27.4. The summed E-state index contributed by atoms with van der Waals surface area (Å²) in [5.41, 5.74) is 3.93. The number of hydrogen-bond acceptors (Lipinski definition) is 5. The summed E-state index contributed by atoms with van der Waals surface area (Å²) in [6.07, 6.45) is 4.33. The minimum Gasteiger partial charge on any atom is -0.291 e. The lowest BCUT2D eigenvalue weighted by atomic mass is 9.65. The van der Waals surface area contributed by atoms with Crippen LogP contribution in [0.4, 0.5) is 4.39 Å². The van der Waals surface area contributed by atoms with Gasteiger partial charge in [-0.3, -0.25) is 4.79 Å². The highest BCUT2D eigenvalue weighted by Crippen LogP contribution is 2.47. The Morgan fingerprint density at radius 2 is 1.79 bits per heavy atom. The number of piperidine rings is 1. The van der Waals surface area contributed by atoms with Crippen molar-refractivity contribution in [3.05, 3.63) is 113 Å². The molecule has 39 heavy (non-hydrogen) atoms. The average molecular weight is 543 g/mol. The van der Waals surface area contributed by atoms with E-state index in [1.54, 1.807) is 53.3 Å². The first-order chi connectivity index (χ1) is 18.7. The largest absolute Gasteiger partial charge is 0.291 e. The molecule has 0 amide bonds. The van der Waals surface area contributed by atoms with Crippen LogP contribution in [0.2, 0.25) is 0 Å². The van der Waals surface area contributed by atoms with Gasteiger partial charge in [0.25, 0.3) is 0 Å². The topological polar surface area (TPSA) is 85.2 Å². The monoisotopic (exact) mass is 542 g/mol. The number of rotatable bonds is 5. The number of nitrogens with zero attached hydrogens (tertiary/aromatic N) is 4. The maximum absolute atomic E-state index is 14.3. The standard InChI is InChI=1S/C30H27FN4O3S/c1-20-5-3-7-26(15-20)39(37,38)34-14-13-23-16-28-22(18-32-35(28)25-11-9-24(31)10-12-25)17-30(23,19-34)29(36)27-8-4-6-21(2)33-27/h3-12,15-16,18H,13-14,17,19H2,1-2H3. The fourth-order valence-corrected chi connectivity index (χ4v) is 7.25. The minimum atomic E-state index is -3.84. The molecule has 4 aromatic rings. The maximum atomic E-state index is 14.3. The Morgan fingerprint density at radius 1 is 1.03 bits per heavy atom. The first-order valence-electron chi connectivity index (χ1n) is 12.8. The molecule has 1 aliphatic carbocycles. The van der Waals surface area contributed by atoms with E-state index in [-0.39, 0.29) is 36.0 Å². The Morgan fingerprint density at radius 3 is 2.54 bits per heavy atom. The molecule has 0 N–H and O–H groups in total. The molecule has 1 aliphatic heterocycles. The molecule has 2 aliphatic rings. The molecule has 1 atom stereocenters. The quantitative estimate of drug-likeness (QED) is 0.334. The van der Waals surface area contributed by atoms with Gasteiger partial charge in [0.2, 0.25) is 10.0 Å². The second-order valence-electron chi connectivity index (χ2n) is 10.3. The van der Waals surface area contributed by atoms with E-state index in [0.29, 0.717) is 23.5 Å². The molecule has 0 radical (unpaired) electrons. The Labute approximate surface area is 226 Å². The van der Waals surface area contributed by atoms with E-state index in [9.17, 15) is 17.6 Å². The summed E-state index contributed by atoms with van der Waals surface area (Å²) in [6, 6.07) is 18.2. The molecule has 198 valence electrons. The predicted molar refractivity (Wildman–Crippen MR) is 145 cm³/mol. The lowest BCUT2D eigenvalue weighted by Gasteiger charge is -2.44. The van der Waals surface area contributed by atoms with Gasteiger partial charge >= 0.3 is 0 Å². The van der Waals surface area contributed by atoms with Gasteiger partial charge in [-0.2, -0.15) is 9.40 Å². The van der Waals surface area contributed by atoms with E-state index in [1.807, 2.05) is 32.1 Å². The van der Waals surface area contributed by atoms with E-state index in [4.69, 9.17) is 0 Å². The minimum absolute atomic E-state index is 0.00469. The predicted octanol–water partition coefficient (Wildman–Crippen LogP) is 4.93. The summed E-state index contributed by atoms with van der Waals surface area (Å²) in [5.74, 6) is -0.544. The number of halogens is 1. The van der Waals surface area contributed by atoms with Gasteiger partial charge in [-0.15, -0.1) is 0 Å². The summed E-state index contributed by atoms with van der Waals surface area (Å²) in [6.45, 7) is 3.93. The number of aromatic nitrogens is 3. The van der Waals surface area contributed by atoms with Crippen LogP contribution < -0.4 is 0 Å². The molecule has 0 saturated carbocycles. The zero-order valence-corrected chi connectivity index (χ0v) is 22.5. The molecule has 1 saturated heterocycles. The third-order valence-electron chi connectivity index (χ3n) is 7.64. The summed E-state index contributed by atoms with van der Waals surface area (Å²) in [4.78, 5) is 19.0. The third-order valence-corrected chi connectivity index (χ3v) is 9.48. The second kappa shape index (κ2) is 9.36. The van der Waals surface area contributed by atoms with Gasteiger partial charge in [0.05, 0.1) is 27.9 Å². The van der Waals surface area contributed by atoms with E-state index >= 15 is 0 Å². The third kappa shape index (κ3) is 4.31. The molecular weight excluding hydrogens is 515 g/mol. The van der Waals surface area contributed by atoms with Crippen LogP contribution in [0.15, 0.2) is 83.4 Å². The van der Waals surface area contributed by atoms with Crippen molar-refractivity contribution in [1.29, 1.82) is 0 Å². The van der Waals surface area contributed by atoms with Crippen LogP contribution in [-0.4, -0.2) is 46.4 Å². The number of hydrogen-bond donors (Lipinski definition) is 0. The van der Waals surface area contributed by atoms with E-state index in [1.165, 1.54) is 16.4 Å². The lowest BCUT2D eigenvalue weighted by molar-refractivity contribution is 0.0770. The van der Waals surface area contributed by atoms with Crippen molar-refractivity contribution in [3.8, 4) is 5.69 Å². The average Bonchev–Trinajstić information content (AvgIpc) is 3.33. The van der Waals surface area contributed by atoms with Crippen LogP contribution >= 0.6 is 0 Å². The maximum Gasteiger partial charge on any atom is 0.243 e. The fraction of sp³-hybridized carbons (Fsp3) is 0.233. The molecular formula is C30H27FN4O3S. The number of sulfonamides is 1. The van der Waals surface area contributed by atoms with Crippen molar-refractivity contribution < 1.29 is 17.6 Å². The molecule has 3 heterocycles. The van der Waals surface area contributed by atoms with Gasteiger partial charge in [0.1, 0.15) is 11.5 Å². The molecule has 7 nitrogen and oxygen atoms in total. The number of carbonyl (C=O) groups excluding carboxylic acids is 1. The summed E-state index contributed by atoms with van der Waals surface area (Å²) >= 11 is 0. The molecule has 9 heteroatoms.